The van der Waals surface area contributed by atoms with Gasteiger partial charge in [0.15, 0.2) is 0 Å². The van der Waals surface area contributed by atoms with Gasteiger partial charge >= 0.3 is 0 Å². The molecule has 5 heteroatoms. The molecule has 1 aromatic rings. The zero-order valence-electron chi connectivity index (χ0n) is 12.7. The molecule has 1 heterocycles. The van der Waals surface area contributed by atoms with Gasteiger partial charge in [0.2, 0.25) is 0 Å². The van der Waals surface area contributed by atoms with Gasteiger partial charge in [0.05, 0.1) is 0 Å². The molecule has 1 aromatic heterocycles. The molecular formula is C16H23N3O2. The van der Waals surface area contributed by atoms with Crippen molar-refractivity contribution in [2.24, 2.45) is 0 Å². The topological polar surface area (TPSA) is 71.1 Å². The molecule has 0 bridgehead atoms. The van der Waals surface area contributed by atoms with Crippen LogP contribution in [0.1, 0.15) is 66.8 Å². The Labute approximate surface area is 125 Å². The van der Waals surface area contributed by atoms with Crippen molar-refractivity contribution in [2.75, 3.05) is 0 Å². The van der Waals surface area contributed by atoms with Crippen LogP contribution in [0.15, 0.2) is 18.3 Å². The van der Waals surface area contributed by atoms with E-state index in [-0.39, 0.29) is 23.9 Å². The smallest absolute Gasteiger partial charge is 0.270 e. The monoisotopic (exact) mass is 289 g/mol. The van der Waals surface area contributed by atoms with E-state index in [2.05, 4.69) is 15.6 Å². The number of nitrogens with zero attached hydrogens (tertiary/aromatic N) is 1. The first kappa shape index (κ1) is 15.5. The molecule has 0 aromatic carbocycles. The summed E-state index contributed by atoms with van der Waals surface area (Å²) in [5.74, 6) is -0.375. The fourth-order valence-electron chi connectivity index (χ4n) is 2.55. The first-order valence-electron chi connectivity index (χ1n) is 7.64. The number of hydrogen-bond acceptors (Lipinski definition) is 3. The quantitative estimate of drug-likeness (QED) is 0.893. The largest absolute Gasteiger partial charge is 0.350 e. The van der Waals surface area contributed by atoms with Crippen molar-refractivity contribution in [2.45, 2.75) is 58.0 Å². The highest BCUT2D eigenvalue weighted by molar-refractivity contribution is 5.98. The molecule has 1 aliphatic rings. The predicted molar refractivity (Wildman–Crippen MR) is 81.2 cm³/mol. The lowest BCUT2D eigenvalue weighted by molar-refractivity contribution is 0.0922. The molecule has 2 N–H and O–H groups in total. The SMILES string of the molecule is CC(C)NC(=O)c1ccnc(C(=O)NC2CCCCC2)c1. The van der Waals surface area contributed by atoms with Crippen LogP contribution in [-0.2, 0) is 0 Å². The van der Waals surface area contributed by atoms with E-state index in [1.807, 2.05) is 13.8 Å². The van der Waals surface area contributed by atoms with Gasteiger partial charge < -0.3 is 10.6 Å². The van der Waals surface area contributed by atoms with Crippen LogP contribution < -0.4 is 10.6 Å². The van der Waals surface area contributed by atoms with Gasteiger partial charge in [-0.3, -0.25) is 14.6 Å². The maximum absolute atomic E-state index is 12.2. The van der Waals surface area contributed by atoms with Crippen LogP contribution in [0.5, 0.6) is 0 Å². The molecule has 0 radical (unpaired) electrons. The zero-order valence-corrected chi connectivity index (χ0v) is 12.7. The molecule has 1 aliphatic carbocycles. The van der Waals surface area contributed by atoms with Gasteiger partial charge in [-0.25, -0.2) is 0 Å². The maximum Gasteiger partial charge on any atom is 0.270 e. The van der Waals surface area contributed by atoms with Crippen molar-refractivity contribution in [3.8, 4) is 0 Å². The van der Waals surface area contributed by atoms with E-state index in [1.54, 1.807) is 12.1 Å². The van der Waals surface area contributed by atoms with Crippen molar-refractivity contribution >= 4 is 11.8 Å². The van der Waals surface area contributed by atoms with E-state index in [1.165, 1.54) is 12.6 Å². The summed E-state index contributed by atoms with van der Waals surface area (Å²) in [6.45, 7) is 3.80. The highest BCUT2D eigenvalue weighted by Gasteiger charge is 2.18. The summed E-state index contributed by atoms with van der Waals surface area (Å²) in [5.41, 5.74) is 0.768. The molecule has 2 rings (SSSR count). The number of amides is 2. The van der Waals surface area contributed by atoms with Gasteiger partial charge in [0.25, 0.3) is 11.8 Å². The molecular weight excluding hydrogens is 266 g/mol. The highest BCUT2D eigenvalue weighted by Crippen LogP contribution is 2.17. The van der Waals surface area contributed by atoms with Crippen molar-refractivity contribution in [3.05, 3.63) is 29.6 Å². The van der Waals surface area contributed by atoms with E-state index in [0.29, 0.717) is 11.3 Å². The van der Waals surface area contributed by atoms with Crippen LogP contribution in [0.25, 0.3) is 0 Å². The van der Waals surface area contributed by atoms with Crippen molar-refractivity contribution in [3.63, 3.8) is 0 Å². The predicted octanol–water partition coefficient (Wildman–Crippen LogP) is 2.28. The van der Waals surface area contributed by atoms with Crippen LogP contribution >= 0.6 is 0 Å². The molecule has 114 valence electrons. The number of pyridine rings is 1. The van der Waals surface area contributed by atoms with Crippen molar-refractivity contribution in [1.29, 1.82) is 0 Å². The lowest BCUT2D eigenvalue weighted by Gasteiger charge is -2.22. The average molecular weight is 289 g/mol. The van der Waals surface area contributed by atoms with E-state index < -0.39 is 0 Å². The zero-order chi connectivity index (χ0) is 15.2. The Morgan fingerprint density at radius 1 is 1.19 bits per heavy atom. The molecule has 1 fully saturated rings. The summed E-state index contributed by atoms with van der Waals surface area (Å²) in [5, 5.41) is 5.82. The first-order valence-corrected chi connectivity index (χ1v) is 7.64. The first-order chi connectivity index (χ1) is 10.1. The minimum atomic E-state index is -0.193. The average Bonchev–Trinajstić information content (AvgIpc) is 2.47. The Balaban J connectivity index is 2.02. The maximum atomic E-state index is 12.2. The van der Waals surface area contributed by atoms with E-state index >= 15 is 0 Å². The number of aromatic nitrogens is 1. The number of carbonyl (C=O) groups excluding carboxylic acids is 2. The van der Waals surface area contributed by atoms with Crippen LogP contribution in [0.3, 0.4) is 0 Å². The van der Waals surface area contributed by atoms with Gasteiger partial charge in [-0.15, -0.1) is 0 Å². The molecule has 0 spiro atoms. The Morgan fingerprint density at radius 3 is 2.57 bits per heavy atom. The van der Waals surface area contributed by atoms with E-state index in [9.17, 15) is 9.59 Å². The normalized spacial score (nSPS) is 15.8. The second-order valence-corrected chi connectivity index (χ2v) is 5.87. The van der Waals surface area contributed by atoms with Gasteiger partial charge in [-0.05, 0) is 38.8 Å². The number of rotatable bonds is 4. The Hall–Kier alpha value is -1.91. The van der Waals surface area contributed by atoms with Gasteiger partial charge in [0.1, 0.15) is 5.69 Å². The standard InChI is InChI=1S/C16H23N3O2/c1-11(2)18-15(20)12-8-9-17-14(10-12)16(21)19-13-6-4-3-5-7-13/h8-11,13H,3-7H2,1-2H3,(H,18,20)(H,19,21). The summed E-state index contributed by atoms with van der Waals surface area (Å²) in [6, 6.07) is 3.47. The van der Waals surface area contributed by atoms with Gasteiger partial charge in [-0.2, -0.15) is 0 Å². The lowest BCUT2D eigenvalue weighted by atomic mass is 9.95. The van der Waals surface area contributed by atoms with Crippen LogP contribution in [-0.4, -0.2) is 28.9 Å². The van der Waals surface area contributed by atoms with Crippen molar-refractivity contribution in [1.82, 2.24) is 15.6 Å². The van der Waals surface area contributed by atoms with E-state index in [4.69, 9.17) is 0 Å². The number of hydrogen-bond donors (Lipinski definition) is 2. The molecule has 1 saturated carbocycles. The van der Waals surface area contributed by atoms with Crippen LogP contribution in [0, 0.1) is 0 Å². The summed E-state index contributed by atoms with van der Waals surface area (Å²) in [7, 11) is 0. The molecule has 5 nitrogen and oxygen atoms in total. The highest BCUT2D eigenvalue weighted by atomic mass is 16.2. The van der Waals surface area contributed by atoms with Crippen molar-refractivity contribution < 1.29 is 9.59 Å². The third-order valence-electron chi connectivity index (χ3n) is 3.61. The minimum absolute atomic E-state index is 0.0604. The Bertz CT molecular complexity index is 508. The molecule has 0 atom stereocenters. The summed E-state index contributed by atoms with van der Waals surface area (Å²) >= 11 is 0. The van der Waals surface area contributed by atoms with E-state index in [0.717, 1.165) is 25.7 Å². The van der Waals surface area contributed by atoms with Gasteiger partial charge in [0, 0.05) is 23.8 Å². The minimum Gasteiger partial charge on any atom is -0.350 e. The van der Waals surface area contributed by atoms with Gasteiger partial charge in [-0.1, -0.05) is 19.3 Å². The molecule has 0 unspecified atom stereocenters. The molecule has 0 aliphatic heterocycles. The lowest BCUT2D eigenvalue weighted by Crippen LogP contribution is -2.37. The second-order valence-electron chi connectivity index (χ2n) is 5.87. The Kier molecular flexibility index (Phi) is 5.31. The fraction of sp³-hybridized carbons (Fsp3) is 0.562. The number of nitrogens with one attached hydrogen (secondary N) is 2. The second kappa shape index (κ2) is 7.20. The fourth-order valence-corrected chi connectivity index (χ4v) is 2.55. The molecule has 0 saturated heterocycles. The molecule has 2 amide bonds. The Morgan fingerprint density at radius 2 is 1.90 bits per heavy atom. The van der Waals surface area contributed by atoms with Crippen LogP contribution in [0.4, 0.5) is 0 Å². The third-order valence-corrected chi connectivity index (χ3v) is 3.61. The summed E-state index contributed by atoms with van der Waals surface area (Å²) in [4.78, 5) is 28.2. The molecule has 21 heavy (non-hydrogen) atoms. The van der Waals surface area contributed by atoms with Crippen LogP contribution in [0.2, 0.25) is 0 Å². The summed E-state index contributed by atoms with van der Waals surface area (Å²) < 4.78 is 0. The summed E-state index contributed by atoms with van der Waals surface area (Å²) in [6.07, 6.45) is 7.13. The number of carbonyl (C=O) groups is 2. The third kappa shape index (κ3) is 4.55.